The predicted octanol–water partition coefficient (Wildman–Crippen LogP) is 3.28. The fourth-order valence-electron chi connectivity index (χ4n) is 2.23. The molecule has 0 unspecified atom stereocenters. The van der Waals surface area contributed by atoms with E-state index in [1.807, 2.05) is 6.20 Å². The van der Waals surface area contributed by atoms with Gasteiger partial charge in [-0.05, 0) is 43.9 Å². The smallest absolute Gasteiger partial charge is 0.125 e. The third kappa shape index (κ3) is 3.98. The van der Waals surface area contributed by atoms with E-state index in [9.17, 15) is 0 Å². The first-order valence-electron chi connectivity index (χ1n) is 7.26. The van der Waals surface area contributed by atoms with E-state index in [0.717, 1.165) is 31.4 Å². The predicted molar refractivity (Wildman–Crippen MR) is 76.7 cm³/mol. The second kappa shape index (κ2) is 6.74. The number of hydrogen-bond donors (Lipinski definition) is 1. The summed E-state index contributed by atoms with van der Waals surface area (Å²) in [5.74, 6) is 0.995. The highest BCUT2D eigenvalue weighted by atomic mass is 15.2. The van der Waals surface area contributed by atoms with Crippen molar-refractivity contribution in [2.24, 2.45) is 0 Å². The molecule has 0 radical (unpaired) electrons. The Labute approximate surface area is 111 Å². The molecular weight excluding hydrogens is 222 g/mol. The highest BCUT2D eigenvalue weighted by Gasteiger charge is 2.28. The van der Waals surface area contributed by atoms with Crippen LogP contribution >= 0.6 is 0 Å². The minimum absolute atomic E-state index is 0.836. The van der Waals surface area contributed by atoms with Gasteiger partial charge >= 0.3 is 0 Å². The second-order valence-corrected chi connectivity index (χ2v) is 5.18. The lowest BCUT2D eigenvalue weighted by Crippen LogP contribution is -2.26. The molecule has 1 fully saturated rings. The highest BCUT2D eigenvalue weighted by molar-refractivity contribution is 5.35. The summed E-state index contributed by atoms with van der Waals surface area (Å²) in [5, 5.41) is 3.31. The van der Waals surface area contributed by atoms with Crippen molar-refractivity contribution in [2.75, 3.05) is 18.4 Å². The van der Waals surface area contributed by atoms with Gasteiger partial charge in [0, 0.05) is 25.3 Å². The molecule has 1 N–H and O–H groups in total. The summed E-state index contributed by atoms with van der Waals surface area (Å²) < 4.78 is 0. The first-order valence-corrected chi connectivity index (χ1v) is 7.26. The van der Waals surface area contributed by atoms with Crippen molar-refractivity contribution >= 4 is 5.82 Å². The summed E-state index contributed by atoms with van der Waals surface area (Å²) in [4.78, 5) is 7.06. The van der Waals surface area contributed by atoms with Gasteiger partial charge in [0.1, 0.15) is 5.82 Å². The maximum atomic E-state index is 4.47. The van der Waals surface area contributed by atoms with Gasteiger partial charge in [0.25, 0.3) is 0 Å². The molecule has 1 heterocycles. The minimum atomic E-state index is 0.836. The Morgan fingerprint density at radius 3 is 2.67 bits per heavy atom. The lowest BCUT2D eigenvalue weighted by Gasteiger charge is -2.21. The second-order valence-electron chi connectivity index (χ2n) is 5.18. The lowest BCUT2D eigenvalue weighted by atomic mass is 10.2. The van der Waals surface area contributed by atoms with Crippen LogP contribution in [-0.2, 0) is 6.54 Å². The molecular formula is C15H25N3. The zero-order valence-corrected chi connectivity index (χ0v) is 11.7. The monoisotopic (exact) mass is 247 g/mol. The van der Waals surface area contributed by atoms with Crippen molar-refractivity contribution in [2.45, 2.75) is 52.1 Å². The molecule has 18 heavy (non-hydrogen) atoms. The summed E-state index contributed by atoms with van der Waals surface area (Å²) in [6.45, 7) is 7.68. The van der Waals surface area contributed by atoms with E-state index in [1.165, 1.54) is 31.4 Å². The van der Waals surface area contributed by atoms with Gasteiger partial charge in [-0.15, -0.1) is 0 Å². The van der Waals surface area contributed by atoms with E-state index in [0.29, 0.717) is 0 Å². The summed E-state index contributed by atoms with van der Waals surface area (Å²) in [6, 6.07) is 5.14. The minimum Gasteiger partial charge on any atom is -0.370 e. The van der Waals surface area contributed by atoms with E-state index >= 15 is 0 Å². The van der Waals surface area contributed by atoms with Crippen LogP contribution in [0.5, 0.6) is 0 Å². The largest absolute Gasteiger partial charge is 0.370 e. The molecule has 1 aromatic heterocycles. The molecule has 0 aromatic carbocycles. The molecule has 0 spiro atoms. The van der Waals surface area contributed by atoms with Crippen molar-refractivity contribution in [3.8, 4) is 0 Å². The van der Waals surface area contributed by atoms with Crippen molar-refractivity contribution in [1.82, 2.24) is 9.88 Å². The number of rotatable bonds is 8. The third-order valence-corrected chi connectivity index (χ3v) is 3.34. The van der Waals surface area contributed by atoms with E-state index in [2.05, 4.69) is 41.2 Å². The first-order chi connectivity index (χ1) is 8.83. The fourth-order valence-corrected chi connectivity index (χ4v) is 2.23. The number of nitrogens with one attached hydrogen (secondary N) is 1. The van der Waals surface area contributed by atoms with Gasteiger partial charge in [-0.2, -0.15) is 0 Å². The summed E-state index contributed by atoms with van der Waals surface area (Å²) in [5.41, 5.74) is 1.33. The fraction of sp³-hybridized carbons (Fsp3) is 0.667. The van der Waals surface area contributed by atoms with Crippen LogP contribution in [0.3, 0.4) is 0 Å². The molecule has 0 atom stereocenters. The average Bonchev–Trinajstić information content (AvgIpc) is 3.22. The Hall–Kier alpha value is -1.09. The maximum absolute atomic E-state index is 4.47. The van der Waals surface area contributed by atoms with Crippen LogP contribution in [0.25, 0.3) is 0 Å². The van der Waals surface area contributed by atoms with Crippen LogP contribution in [-0.4, -0.2) is 29.0 Å². The quantitative estimate of drug-likeness (QED) is 0.764. The van der Waals surface area contributed by atoms with Gasteiger partial charge in [-0.25, -0.2) is 4.98 Å². The zero-order valence-electron chi connectivity index (χ0n) is 11.7. The van der Waals surface area contributed by atoms with E-state index < -0.39 is 0 Å². The normalized spacial score (nSPS) is 15.1. The highest BCUT2D eigenvalue weighted by Crippen LogP contribution is 2.28. The molecule has 100 valence electrons. The van der Waals surface area contributed by atoms with Crippen LogP contribution in [0.15, 0.2) is 18.3 Å². The molecule has 1 aromatic rings. The van der Waals surface area contributed by atoms with Gasteiger partial charge in [-0.1, -0.05) is 19.9 Å². The van der Waals surface area contributed by atoms with E-state index in [-0.39, 0.29) is 0 Å². The molecule has 1 saturated carbocycles. The average molecular weight is 247 g/mol. The van der Waals surface area contributed by atoms with E-state index in [1.54, 1.807) is 0 Å². The Kier molecular flexibility index (Phi) is 5.00. The molecule has 3 heteroatoms. The summed E-state index contributed by atoms with van der Waals surface area (Å²) >= 11 is 0. The van der Waals surface area contributed by atoms with Crippen LogP contribution in [0.2, 0.25) is 0 Å². The molecule has 2 rings (SSSR count). The van der Waals surface area contributed by atoms with Crippen molar-refractivity contribution in [3.05, 3.63) is 23.9 Å². The third-order valence-electron chi connectivity index (χ3n) is 3.34. The van der Waals surface area contributed by atoms with Gasteiger partial charge in [-0.3, -0.25) is 4.90 Å². The van der Waals surface area contributed by atoms with Crippen molar-refractivity contribution in [1.29, 1.82) is 0 Å². The maximum Gasteiger partial charge on any atom is 0.125 e. The summed E-state index contributed by atoms with van der Waals surface area (Å²) in [7, 11) is 0. The molecule has 0 amide bonds. The number of hydrogen-bond acceptors (Lipinski definition) is 3. The Bertz CT molecular complexity index is 343. The van der Waals surface area contributed by atoms with E-state index in [4.69, 9.17) is 0 Å². The number of nitrogens with zero attached hydrogens (tertiary/aromatic N) is 2. The standard InChI is InChI=1S/C15H25N3/c1-3-9-16-15-8-5-13(11-17-15)12-18(10-4-2)14-6-7-14/h5,8,11,14H,3-4,6-7,9-10,12H2,1-2H3,(H,16,17). The van der Waals surface area contributed by atoms with Gasteiger partial charge in [0.2, 0.25) is 0 Å². The van der Waals surface area contributed by atoms with Gasteiger partial charge in [0.05, 0.1) is 0 Å². The number of aromatic nitrogens is 1. The Morgan fingerprint density at radius 2 is 2.11 bits per heavy atom. The van der Waals surface area contributed by atoms with Crippen molar-refractivity contribution in [3.63, 3.8) is 0 Å². The lowest BCUT2D eigenvalue weighted by molar-refractivity contribution is 0.255. The van der Waals surface area contributed by atoms with Crippen molar-refractivity contribution < 1.29 is 0 Å². The molecule has 1 aliphatic rings. The molecule has 0 aliphatic heterocycles. The Morgan fingerprint density at radius 1 is 1.28 bits per heavy atom. The first kappa shape index (κ1) is 13.3. The molecule has 1 aliphatic carbocycles. The van der Waals surface area contributed by atoms with Gasteiger partial charge < -0.3 is 5.32 Å². The molecule has 3 nitrogen and oxygen atoms in total. The van der Waals surface area contributed by atoms with Gasteiger partial charge in [0.15, 0.2) is 0 Å². The zero-order chi connectivity index (χ0) is 12.8. The number of anilines is 1. The van der Waals surface area contributed by atoms with Crippen LogP contribution in [0, 0.1) is 0 Å². The Balaban J connectivity index is 1.87. The van der Waals surface area contributed by atoms with Crippen LogP contribution in [0.1, 0.15) is 45.1 Å². The topological polar surface area (TPSA) is 28.2 Å². The SMILES string of the molecule is CCCNc1ccc(CN(CCC)C2CC2)cn1. The molecule has 0 saturated heterocycles. The van der Waals surface area contributed by atoms with Crippen LogP contribution < -0.4 is 5.32 Å². The summed E-state index contributed by atoms with van der Waals surface area (Å²) in [6.07, 6.45) is 7.14. The van der Waals surface area contributed by atoms with Crippen LogP contribution in [0.4, 0.5) is 5.82 Å². The number of pyridine rings is 1. The molecule has 0 bridgehead atoms.